The Morgan fingerprint density at radius 3 is 2.59 bits per heavy atom. The third-order valence-corrected chi connectivity index (χ3v) is 4.25. The number of piperidine rings is 1. The summed E-state index contributed by atoms with van der Waals surface area (Å²) in [7, 11) is 1.89. The first-order valence-corrected chi connectivity index (χ1v) is 8.04. The summed E-state index contributed by atoms with van der Waals surface area (Å²) in [6.45, 7) is 4.07. The molecule has 2 saturated heterocycles. The van der Waals surface area contributed by atoms with Gasteiger partial charge >= 0.3 is 0 Å². The van der Waals surface area contributed by atoms with Gasteiger partial charge in [-0.25, -0.2) is 0 Å². The summed E-state index contributed by atoms with van der Waals surface area (Å²) in [5.41, 5.74) is 0. The highest BCUT2D eigenvalue weighted by Gasteiger charge is 2.34. The Labute approximate surface area is 138 Å². The van der Waals surface area contributed by atoms with E-state index in [0.29, 0.717) is 32.7 Å². The molecule has 0 bridgehead atoms. The molecule has 7 heteroatoms. The van der Waals surface area contributed by atoms with Gasteiger partial charge in [0, 0.05) is 26.1 Å². The fourth-order valence-electron chi connectivity index (χ4n) is 3.04. The summed E-state index contributed by atoms with van der Waals surface area (Å²) in [5.74, 6) is 0.233. The Morgan fingerprint density at radius 1 is 1.18 bits per heavy atom. The maximum absolute atomic E-state index is 12.7. The maximum Gasteiger partial charge on any atom is 0.245 e. The van der Waals surface area contributed by atoms with Gasteiger partial charge in [0.25, 0.3) is 0 Å². The summed E-state index contributed by atoms with van der Waals surface area (Å²) in [6.07, 6.45) is 4.18. The van der Waals surface area contributed by atoms with Crippen LogP contribution in [-0.2, 0) is 14.3 Å². The number of amides is 2. The van der Waals surface area contributed by atoms with Crippen LogP contribution in [0.2, 0.25) is 0 Å². The van der Waals surface area contributed by atoms with Gasteiger partial charge in [-0.15, -0.1) is 12.4 Å². The smallest absolute Gasteiger partial charge is 0.245 e. The molecule has 0 aromatic carbocycles. The van der Waals surface area contributed by atoms with Crippen LogP contribution in [0.4, 0.5) is 0 Å². The van der Waals surface area contributed by atoms with Crippen LogP contribution in [0, 0.1) is 0 Å². The molecule has 1 atom stereocenters. The summed E-state index contributed by atoms with van der Waals surface area (Å²) < 4.78 is 5.30. The molecule has 2 aliphatic rings. The Bertz CT molecular complexity index is 362. The van der Waals surface area contributed by atoms with Crippen LogP contribution < -0.4 is 5.32 Å². The molecule has 0 radical (unpaired) electrons. The third-order valence-electron chi connectivity index (χ3n) is 4.25. The quantitative estimate of drug-likeness (QED) is 0.750. The molecule has 22 heavy (non-hydrogen) atoms. The average Bonchev–Trinajstić information content (AvgIpc) is 2.55. The molecule has 2 heterocycles. The van der Waals surface area contributed by atoms with Gasteiger partial charge in [-0.05, 0) is 39.3 Å². The number of carbonyl (C=O) groups excluding carboxylic acids is 2. The average molecular weight is 334 g/mol. The second-order valence-electron chi connectivity index (χ2n) is 5.74. The Hall–Kier alpha value is -0.850. The van der Waals surface area contributed by atoms with E-state index in [1.165, 1.54) is 0 Å². The van der Waals surface area contributed by atoms with Crippen LogP contribution in [0.1, 0.15) is 32.1 Å². The van der Waals surface area contributed by atoms with Crippen molar-refractivity contribution in [2.75, 3.05) is 46.4 Å². The van der Waals surface area contributed by atoms with E-state index in [1.54, 1.807) is 0 Å². The molecule has 6 nitrogen and oxygen atoms in total. The van der Waals surface area contributed by atoms with Crippen molar-refractivity contribution in [1.29, 1.82) is 0 Å². The molecule has 128 valence electrons. The van der Waals surface area contributed by atoms with Crippen molar-refractivity contribution < 1.29 is 14.3 Å². The van der Waals surface area contributed by atoms with Gasteiger partial charge in [0.1, 0.15) is 6.04 Å². The van der Waals surface area contributed by atoms with Crippen LogP contribution in [0.25, 0.3) is 0 Å². The number of ether oxygens (including phenoxy) is 1. The Kier molecular flexibility index (Phi) is 8.75. The highest BCUT2D eigenvalue weighted by molar-refractivity contribution is 5.88. The topological polar surface area (TPSA) is 61.9 Å². The maximum atomic E-state index is 12.7. The molecule has 0 spiro atoms. The second kappa shape index (κ2) is 10.0. The fourth-order valence-corrected chi connectivity index (χ4v) is 3.04. The van der Waals surface area contributed by atoms with E-state index in [1.807, 2.05) is 16.8 Å². The summed E-state index contributed by atoms with van der Waals surface area (Å²) >= 11 is 0. The van der Waals surface area contributed by atoms with Crippen LogP contribution in [0.15, 0.2) is 0 Å². The number of hydrogen-bond donors (Lipinski definition) is 1. The zero-order valence-electron chi connectivity index (χ0n) is 13.4. The molecule has 2 fully saturated rings. The number of halogens is 1. The van der Waals surface area contributed by atoms with E-state index < -0.39 is 0 Å². The van der Waals surface area contributed by atoms with Crippen molar-refractivity contribution >= 4 is 24.2 Å². The van der Waals surface area contributed by atoms with Gasteiger partial charge in [0.05, 0.1) is 13.2 Å². The number of hydrogen-bond acceptors (Lipinski definition) is 4. The second-order valence-corrected chi connectivity index (χ2v) is 5.74. The molecular weight excluding hydrogens is 306 g/mol. The lowest BCUT2D eigenvalue weighted by molar-refractivity contribution is -0.150. The monoisotopic (exact) mass is 333 g/mol. The first-order valence-electron chi connectivity index (χ1n) is 8.04. The molecule has 1 N–H and O–H groups in total. The predicted molar refractivity (Wildman–Crippen MR) is 87.2 cm³/mol. The molecule has 0 saturated carbocycles. The predicted octanol–water partition coefficient (Wildman–Crippen LogP) is 0.648. The molecule has 0 aromatic heterocycles. The lowest BCUT2D eigenvalue weighted by atomic mass is 10.00. The highest BCUT2D eigenvalue weighted by atomic mass is 35.5. The van der Waals surface area contributed by atoms with Gasteiger partial charge in [-0.2, -0.15) is 0 Å². The van der Waals surface area contributed by atoms with Crippen LogP contribution in [-0.4, -0.2) is 74.1 Å². The van der Waals surface area contributed by atoms with E-state index >= 15 is 0 Å². The lowest BCUT2D eigenvalue weighted by Gasteiger charge is -2.38. The largest absolute Gasteiger partial charge is 0.378 e. The van der Waals surface area contributed by atoms with Crippen molar-refractivity contribution in [2.24, 2.45) is 0 Å². The van der Waals surface area contributed by atoms with Crippen molar-refractivity contribution in [2.45, 2.75) is 38.1 Å². The molecular formula is C15H28ClN3O3. The van der Waals surface area contributed by atoms with E-state index in [-0.39, 0.29) is 30.3 Å². The van der Waals surface area contributed by atoms with E-state index in [2.05, 4.69) is 5.32 Å². The first kappa shape index (κ1) is 19.2. The van der Waals surface area contributed by atoms with Gasteiger partial charge in [-0.3, -0.25) is 9.59 Å². The highest BCUT2D eigenvalue weighted by Crippen LogP contribution is 2.21. The van der Waals surface area contributed by atoms with Gasteiger partial charge in [-0.1, -0.05) is 0 Å². The standard InChI is InChI=1S/C15H27N3O3.ClH/c1-16-7-4-6-14(19)18-8-3-2-5-13(18)15(20)17-9-11-21-12-10-17;/h13,16H,2-12H2,1H3;1H. The SMILES string of the molecule is CNCCCC(=O)N1CCCCC1C(=O)N1CCOCC1.Cl. The van der Waals surface area contributed by atoms with Crippen LogP contribution >= 0.6 is 12.4 Å². The first-order chi connectivity index (χ1) is 10.2. The Balaban J connectivity index is 0.00000242. The summed E-state index contributed by atoms with van der Waals surface area (Å²) in [4.78, 5) is 28.7. The number of likely N-dealkylation sites (tertiary alicyclic amines) is 1. The molecule has 2 amide bonds. The van der Waals surface area contributed by atoms with Crippen molar-refractivity contribution in [3.05, 3.63) is 0 Å². The molecule has 2 rings (SSSR count). The zero-order chi connectivity index (χ0) is 15.1. The molecule has 0 aliphatic carbocycles. The Morgan fingerprint density at radius 2 is 1.91 bits per heavy atom. The van der Waals surface area contributed by atoms with E-state index in [4.69, 9.17) is 4.74 Å². The molecule has 0 aromatic rings. The third kappa shape index (κ3) is 5.11. The van der Waals surface area contributed by atoms with E-state index in [9.17, 15) is 9.59 Å². The minimum absolute atomic E-state index is 0. The van der Waals surface area contributed by atoms with Crippen molar-refractivity contribution in [1.82, 2.24) is 15.1 Å². The summed E-state index contributed by atoms with van der Waals surface area (Å²) in [5, 5.41) is 3.05. The van der Waals surface area contributed by atoms with Gasteiger partial charge in [0.2, 0.25) is 11.8 Å². The number of rotatable bonds is 5. The zero-order valence-corrected chi connectivity index (χ0v) is 14.2. The fraction of sp³-hybridized carbons (Fsp3) is 0.867. The lowest BCUT2D eigenvalue weighted by Crippen LogP contribution is -2.55. The van der Waals surface area contributed by atoms with Gasteiger partial charge in [0.15, 0.2) is 0 Å². The van der Waals surface area contributed by atoms with E-state index in [0.717, 1.165) is 38.8 Å². The number of nitrogens with one attached hydrogen (secondary N) is 1. The van der Waals surface area contributed by atoms with Gasteiger partial charge < -0.3 is 19.9 Å². The number of morpholine rings is 1. The normalized spacial score (nSPS) is 22.1. The van der Waals surface area contributed by atoms with Crippen LogP contribution in [0.3, 0.4) is 0 Å². The number of nitrogens with zero attached hydrogens (tertiary/aromatic N) is 2. The molecule has 1 unspecified atom stereocenters. The minimum Gasteiger partial charge on any atom is -0.378 e. The summed E-state index contributed by atoms with van der Waals surface area (Å²) in [6, 6.07) is -0.251. The van der Waals surface area contributed by atoms with Crippen molar-refractivity contribution in [3.8, 4) is 0 Å². The minimum atomic E-state index is -0.251. The molecule has 2 aliphatic heterocycles. The number of carbonyl (C=O) groups is 2. The van der Waals surface area contributed by atoms with Crippen molar-refractivity contribution in [3.63, 3.8) is 0 Å². The van der Waals surface area contributed by atoms with Crippen LogP contribution in [0.5, 0.6) is 0 Å².